The molecule has 2 heterocycles. The van der Waals surface area contributed by atoms with E-state index in [0.717, 1.165) is 28.0 Å². The van der Waals surface area contributed by atoms with E-state index in [1.807, 2.05) is 67.0 Å². The topological polar surface area (TPSA) is 63.5 Å². The van der Waals surface area contributed by atoms with E-state index in [9.17, 15) is 9.00 Å². The third-order valence-electron chi connectivity index (χ3n) is 4.89. The van der Waals surface area contributed by atoms with E-state index in [4.69, 9.17) is 4.98 Å². The van der Waals surface area contributed by atoms with Crippen molar-refractivity contribution in [1.82, 2.24) is 9.38 Å². The second-order valence-corrected chi connectivity index (χ2v) is 8.39. The van der Waals surface area contributed by atoms with Crippen LogP contribution in [-0.4, -0.2) is 25.8 Å². The van der Waals surface area contributed by atoms with Crippen molar-refractivity contribution in [1.29, 1.82) is 0 Å². The van der Waals surface area contributed by atoms with Gasteiger partial charge in [-0.2, -0.15) is 0 Å². The van der Waals surface area contributed by atoms with Gasteiger partial charge in [-0.15, -0.1) is 0 Å². The molecule has 2 aromatic carbocycles. The van der Waals surface area contributed by atoms with Gasteiger partial charge in [-0.1, -0.05) is 18.2 Å². The molecule has 0 saturated carbocycles. The number of amides is 1. The van der Waals surface area contributed by atoms with E-state index >= 15 is 0 Å². The Kier molecular flexibility index (Phi) is 5.03. The number of hydrogen-bond acceptors (Lipinski definition) is 3. The maximum absolute atomic E-state index is 12.6. The fourth-order valence-electron chi connectivity index (χ4n) is 3.29. The van der Waals surface area contributed by atoms with Gasteiger partial charge in [0.05, 0.1) is 5.69 Å². The monoisotopic (exact) mass is 403 g/mol. The molecule has 0 fully saturated rings. The first-order valence-electron chi connectivity index (χ1n) is 9.22. The highest BCUT2D eigenvalue weighted by Gasteiger charge is 2.12. The average molecular weight is 404 g/mol. The van der Waals surface area contributed by atoms with Gasteiger partial charge >= 0.3 is 0 Å². The van der Waals surface area contributed by atoms with Gasteiger partial charge in [0.1, 0.15) is 5.65 Å². The lowest BCUT2D eigenvalue weighted by Gasteiger charge is -2.09. The summed E-state index contributed by atoms with van der Waals surface area (Å²) in [5.74, 6) is -0.188. The molecule has 29 heavy (non-hydrogen) atoms. The number of hydrogen-bond donors (Lipinski definition) is 1. The molecule has 1 N–H and O–H groups in total. The van der Waals surface area contributed by atoms with Crippen LogP contribution in [0.15, 0.2) is 71.9 Å². The second-order valence-electron chi connectivity index (χ2n) is 7.01. The van der Waals surface area contributed by atoms with Crippen LogP contribution in [0.1, 0.15) is 21.5 Å². The Hall–Kier alpha value is -3.25. The number of anilines is 1. The van der Waals surface area contributed by atoms with Crippen molar-refractivity contribution in [3.63, 3.8) is 0 Å². The number of carbonyl (C=O) groups excluding carboxylic acids is 1. The highest BCUT2D eigenvalue weighted by molar-refractivity contribution is 7.84. The van der Waals surface area contributed by atoms with Crippen molar-refractivity contribution in [2.75, 3.05) is 11.6 Å². The van der Waals surface area contributed by atoms with Gasteiger partial charge in [-0.3, -0.25) is 9.00 Å². The van der Waals surface area contributed by atoms with Gasteiger partial charge in [0, 0.05) is 51.2 Å². The zero-order valence-corrected chi connectivity index (χ0v) is 17.3. The molecule has 1 unspecified atom stereocenters. The van der Waals surface area contributed by atoms with Crippen LogP contribution in [0.4, 0.5) is 5.69 Å². The molecule has 2 aromatic heterocycles. The third kappa shape index (κ3) is 3.84. The van der Waals surface area contributed by atoms with Gasteiger partial charge in [-0.05, 0) is 61.4 Å². The average Bonchev–Trinajstić information content (AvgIpc) is 3.14. The van der Waals surface area contributed by atoms with Crippen molar-refractivity contribution >= 4 is 28.0 Å². The van der Waals surface area contributed by atoms with Crippen molar-refractivity contribution in [2.45, 2.75) is 18.7 Å². The van der Waals surface area contributed by atoms with Crippen LogP contribution in [0.5, 0.6) is 0 Å². The summed E-state index contributed by atoms with van der Waals surface area (Å²) in [6.07, 6.45) is 5.61. The van der Waals surface area contributed by atoms with Crippen LogP contribution < -0.4 is 5.32 Å². The lowest BCUT2D eigenvalue weighted by Crippen LogP contribution is -2.13. The molecule has 0 saturated heterocycles. The minimum Gasteiger partial charge on any atom is -0.322 e. The van der Waals surface area contributed by atoms with Gasteiger partial charge < -0.3 is 9.72 Å². The van der Waals surface area contributed by atoms with E-state index in [1.165, 1.54) is 0 Å². The number of aryl methyl sites for hydroxylation is 2. The van der Waals surface area contributed by atoms with E-state index in [1.54, 1.807) is 24.5 Å². The SMILES string of the molecule is Cc1cc(S(C)=O)ccc1C(=O)Nc1ccc(-c2cn3cccc(C)c3n2)cc1. The standard InChI is InChI=1S/C23H21N3O2S/c1-15-5-4-12-26-14-21(25-22(15)26)17-6-8-18(9-7-17)24-23(27)20-11-10-19(29(3)28)13-16(20)2/h4-14H,1-3H3,(H,24,27). The van der Waals surface area contributed by atoms with Crippen molar-refractivity contribution < 1.29 is 9.00 Å². The number of pyridine rings is 1. The van der Waals surface area contributed by atoms with Gasteiger partial charge in [-0.25, -0.2) is 4.98 Å². The number of carbonyl (C=O) groups is 1. The summed E-state index contributed by atoms with van der Waals surface area (Å²) in [5.41, 5.74) is 6.00. The summed E-state index contributed by atoms with van der Waals surface area (Å²) in [4.78, 5) is 18.0. The molecule has 0 aliphatic carbocycles. The Morgan fingerprint density at radius 3 is 2.45 bits per heavy atom. The molecule has 1 atom stereocenters. The molecule has 6 heteroatoms. The number of nitrogens with one attached hydrogen (secondary N) is 1. The molecule has 4 rings (SSSR count). The molecule has 0 radical (unpaired) electrons. The van der Waals surface area contributed by atoms with Crippen LogP contribution in [-0.2, 0) is 10.8 Å². The lowest BCUT2D eigenvalue weighted by atomic mass is 10.1. The fourth-order valence-corrected chi connectivity index (χ4v) is 3.89. The Morgan fingerprint density at radius 1 is 1.03 bits per heavy atom. The zero-order chi connectivity index (χ0) is 20.5. The molecule has 1 amide bonds. The molecule has 5 nitrogen and oxygen atoms in total. The van der Waals surface area contributed by atoms with Crippen LogP contribution in [0.3, 0.4) is 0 Å². The van der Waals surface area contributed by atoms with Gasteiger partial charge in [0.2, 0.25) is 0 Å². The number of benzene rings is 2. The van der Waals surface area contributed by atoms with Crippen molar-refractivity contribution in [3.05, 3.63) is 83.7 Å². The summed E-state index contributed by atoms with van der Waals surface area (Å²) in [7, 11) is -1.07. The Bertz CT molecular complexity index is 1240. The molecular formula is C23H21N3O2S. The molecule has 146 valence electrons. The lowest BCUT2D eigenvalue weighted by molar-refractivity contribution is 0.102. The van der Waals surface area contributed by atoms with Crippen LogP contribution in [0, 0.1) is 13.8 Å². The Balaban J connectivity index is 1.54. The summed E-state index contributed by atoms with van der Waals surface area (Å²) >= 11 is 0. The van der Waals surface area contributed by atoms with Gasteiger partial charge in [0.15, 0.2) is 0 Å². The number of fused-ring (bicyclic) bond motifs is 1. The van der Waals surface area contributed by atoms with Crippen LogP contribution in [0.25, 0.3) is 16.9 Å². The summed E-state index contributed by atoms with van der Waals surface area (Å²) in [6, 6.07) is 16.9. The van der Waals surface area contributed by atoms with Crippen LogP contribution >= 0.6 is 0 Å². The highest BCUT2D eigenvalue weighted by Crippen LogP contribution is 2.23. The van der Waals surface area contributed by atoms with E-state index in [2.05, 4.69) is 5.32 Å². The molecule has 0 spiro atoms. The highest BCUT2D eigenvalue weighted by atomic mass is 32.2. The molecule has 0 aliphatic heterocycles. The normalized spacial score (nSPS) is 12.1. The maximum atomic E-state index is 12.6. The molecular weight excluding hydrogens is 382 g/mol. The van der Waals surface area contributed by atoms with Crippen LogP contribution in [0.2, 0.25) is 0 Å². The summed E-state index contributed by atoms with van der Waals surface area (Å²) in [6.45, 7) is 3.89. The number of aromatic nitrogens is 2. The number of imidazole rings is 1. The minimum absolute atomic E-state index is 0.188. The van der Waals surface area contributed by atoms with Gasteiger partial charge in [0.25, 0.3) is 5.91 Å². The van der Waals surface area contributed by atoms with E-state index < -0.39 is 10.8 Å². The third-order valence-corrected chi connectivity index (χ3v) is 5.81. The predicted octanol–water partition coefficient (Wildman–Crippen LogP) is 4.61. The number of rotatable bonds is 4. The first kappa shape index (κ1) is 19.1. The van der Waals surface area contributed by atoms with E-state index in [0.29, 0.717) is 16.1 Å². The minimum atomic E-state index is -1.07. The van der Waals surface area contributed by atoms with Crippen molar-refractivity contribution in [2.24, 2.45) is 0 Å². The molecule has 0 aliphatic rings. The Labute approximate surface area is 171 Å². The molecule has 0 bridgehead atoms. The quantitative estimate of drug-likeness (QED) is 0.541. The second kappa shape index (κ2) is 7.64. The summed E-state index contributed by atoms with van der Waals surface area (Å²) < 4.78 is 13.6. The number of nitrogens with zero attached hydrogens (tertiary/aromatic N) is 2. The zero-order valence-electron chi connectivity index (χ0n) is 16.5. The predicted molar refractivity (Wildman–Crippen MR) is 117 cm³/mol. The maximum Gasteiger partial charge on any atom is 0.255 e. The Morgan fingerprint density at radius 2 is 1.79 bits per heavy atom. The van der Waals surface area contributed by atoms with E-state index in [-0.39, 0.29) is 5.91 Å². The fraction of sp³-hybridized carbons (Fsp3) is 0.130. The molecule has 4 aromatic rings. The first-order chi connectivity index (χ1) is 13.9. The largest absolute Gasteiger partial charge is 0.322 e. The smallest absolute Gasteiger partial charge is 0.255 e. The van der Waals surface area contributed by atoms with Crippen molar-refractivity contribution in [3.8, 4) is 11.3 Å². The first-order valence-corrected chi connectivity index (χ1v) is 10.8. The summed E-state index contributed by atoms with van der Waals surface area (Å²) in [5, 5.41) is 2.92.